The highest BCUT2D eigenvalue weighted by Crippen LogP contribution is 2.32. The maximum atomic E-state index is 11.5. The van der Waals surface area contributed by atoms with Crippen LogP contribution in [0.2, 0.25) is 0 Å². The number of hydrogen-bond donors (Lipinski definition) is 2. The van der Waals surface area contributed by atoms with Crippen molar-refractivity contribution in [3.8, 4) is 0 Å². The molecule has 1 aliphatic rings. The first-order chi connectivity index (χ1) is 13.1. The van der Waals surface area contributed by atoms with Crippen LogP contribution in [-0.2, 0) is 30.9 Å². The first kappa shape index (κ1) is 17.7. The Balaban J connectivity index is 1.80. The summed E-state index contributed by atoms with van der Waals surface area (Å²) in [5.74, 6) is -0.899. The van der Waals surface area contributed by atoms with Crippen LogP contribution in [0.4, 0.5) is 0 Å². The molecule has 0 radical (unpaired) electrons. The molecular formula is C21H20N2O3S. The molecule has 138 valence electrons. The third-order valence-corrected chi connectivity index (χ3v) is 5.50. The SMILES string of the molecule is O=C(O)Cn1c2c(c3cc(CO)ccc31)CCN(Cc1ccccc1)C2=S. The van der Waals surface area contributed by atoms with E-state index in [-0.39, 0.29) is 13.2 Å². The maximum absolute atomic E-state index is 11.5. The standard InChI is InChI=1S/C21H20N2O3S/c24-13-15-6-7-18-17(10-15)16-8-9-22(11-14-4-2-1-3-5-14)21(27)20(16)23(18)12-19(25)26/h1-7,10,24H,8-9,11-13H2,(H,25,26). The molecule has 0 amide bonds. The van der Waals surface area contributed by atoms with Crippen molar-refractivity contribution in [2.45, 2.75) is 26.1 Å². The fraction of sp³-hybridized carbons (Fsp3) is 0.238. The van der Waals surface area contributed by atoms with Crippen LogP contribution in [-0.4, -0.2) is 37.2 Å². The van der Waals surface area contributed by atoms with Crippen LogP contribution >= 0.6 is 12.2 Å². The smallest absolute Gasteiger partial charge is 0.323 e. The lowest BCUT2D eigenvalue weighted by atomic mass is 10.0. The number of thiocarbonyl (C=S) groups is 1. The van der Waals surface area contributed by atoms with Crippen molar-refractivity contribution in [3.63, 3.8) is 0 Å². The summed E-state index contributed by atoms with van der Waals surface area (Å²) in [6, 6.07) is 15.8. The quantitative estimate of drug-likeness (QED) is 0.666. The molecule has 2 aromatic carbocycles. The number of nitrogens with zero attached hydrogens (tertiary/aromatic N) is 2. The topological polar surface area (TPSA) is 65.7 Å². The van der Waals surface area contributed by atoms with Gasteiger partial charge in [-0.05, 0) is 35.2 Å². The highest BCUT2D eigenvalue weighted by atomic mass is 32.1. The zero-order valence-corrected chi connectivity index (χ0v) is 15.6. The van der Waals surface area contributed by atoms with Gasteiger partial charge in [0, 0.05) is 24.0 Å². The predicted molar refractivity (Wildman–Crippen MR) is 108 cm³/mol. The van der Waals surface area contributed by atoms with Crippen LogP contribution in [0.1, 0.15) is 22.4 Å². The van der Waals surface area contributed by atoms with E-state index >= 15 is 0 Å². The molecule has 0 spiro atoms. The monoisotopic (exact) mass is 380 g/mol. The van der Waals surface area contributed by atoms with Gasteiger partial charge in [-0.1, -0.05) is 48.6 Å². The molecule has 2 heterocycles. The summed E-state index contributed by atoms with van der Waals surface area (Å²) in [5.41, 5.74) is 4.74. The lowest BCUT2D eigenvalue weighted by molar-refractivity contribution is -0.137. The second-order valence-electron chi connectivity index (χ2n) is 6.78. The van der Waals surface area contributed by atoms with E-state index in [2.05, 4.69) is 17.0 Å². The van der Waals surface area contributed by atoms with Crippen molar-refractivity contribution >= 4 is 34.1 Å². The number of fused-ring (bicyclic) bond motifs is 3. The number of hydrogen-bond acceptors (Lipinski definition) is 3. The van der Waals surface area contributed by atoms with Gasteiger partial charge >= 0.3 is 5.97 Å². The Labute approximate surface area is 162 Å². The first-order valence-electron chi connectivity index (χ1n) is 8.88. The van der Waals surface area contributed by atoms with Gasteiger partial charge in [-0.3, -0.25) is 4.79 Å². The minimum absolute atomic E-state index is 0.0423. The minimum atomic E-state index is -0.899. The van der Waals surface area contributed by atoms with Crippen LogP contribution in [0.25, 0.3) is 10.9 Å². The van der Waals surface area contributed by atoms with Crippen molar-refractivity contribution in [1.29, 1.82) is 0 Å². The van der Waals surface area contributed by atoms with Gasteiger partial charge in [-0.25, -0.2) is 0 Å². The van der Waals surface area contributed by atoms with Gasteiger partial charge in [0.15, 0.2) is 0 Å². The van der Waals surface area contributed by atoms with Gasteiger partial charge < -0.3 is 19.7 Å². The van der Waals surface area contributed by atoms with E-state index in [9.17, 15) is 15.0 Å². The van der Waals surface area contributed by atoms with Crippen LogP contribution in [0.15, 0.2) is 48.5 Å². The van der Waals surface area contributed by atoms with E-state index in [4.69, 9.17) is 12.2 Å². The normalized spacial score (nSPS) is 13.8. The molecule has 0 saturated heterocycles. The number of aliphatic carboxylic acids is 1. The van der Waals surface area contributed by atoms with Gasteiger partial charge in [0.1, 0.15) is 11.5 Å². The average Bonchev–Trinajstić information content (AvgIpc) is 2.98. The summed E-state index contributed by atoms with van der Waals surface area (Å²) < 4.78 is 1.80. The average molecular weight is 380 g/mol. The number of aliphatic hydroxyl groups excluding tert-OH is 1. The number of carboxylic acids is 1. The Bertz CT molecular complexity index is 1030. The predicted octanol–water partition coefficient (Wildman–Crippen LogP) is 2.95. The molecule has 0 unspecified atom stereocenters. The second-order valence-corrected chi connectivity index (χ2v) is 7.17. The number of carboxylic acid groups (broad SMARTS) is 1. The molecule has 6 heteroatoms. The minimum Gasteiger partial charge on any atom is -0.480 e. The van der Waals surface area contributed by atoms with Crippen LogP contribution in [0, 0.1) is 0 Å². The fourth-order valence-corrected chi connectivity index (χ4v) is 4.21. The van der Waals surface area contributed by atoms with Gasteiger partial charge in [-0.2, -0.15) is 0 Å². The van der Waals surface area contributed by atoms with Crippen molar-refractivity contribution < 1.29 is 15.0 Å². The number of aliphatic hydroxyl groups is 1. The molecule has 4 rings (SSSR count). The third-order valence-electron chi connectivity index (χ3n) is 5.05. The number of benzene rings is 2. The van der Waals surface area contributed by atoms with Gasteiger partial charge in [-0.15, -0.1) is 0 Å². The summed E-state index contributed by atoms with van der Waals surface area (Å²) >= 11 is 5.79. The molecule has 3 aromatic rings. The molecular weight excluding hydrogens is 360 g/mol. The molecule has 5 nitrogen and oxygen atoms in total. The van der Waals surface area contributed by atoms with E-state index in [0.717, 1.165) is 40.7 Å². The second kappa shape index (κ2) is 7.13. The molecule has 2 N–H and O–H groups in total. The van der Waals surface area contributed by atoms with Crippen molar-refractivity contribution in [2.24, 2.45) is 0 Å². The maximum Gasteiger partial charge on any atom is 0.323 e. The molecule has 1 aliphatic heterocycles. The van der Waals surface area contributed by atoms with Gasteiger partial charge in [0.05, 0.1) is 12.3 Å². The number of aromatic nitrogens is 1. The lowest BCUT2D eigenvalue weighted by Gasteiger charge is -2.31. The van der Waals surface area contributed by atoms with E-state index in [1.165, 1.54) is 5.56 Å². The summed E-state index contributed by atoms with van der Waals surface area (Å²) in [6.07, 6.45) is 0.792. The summed E-state index contributed by atoms with van der Waals surface area (Å²) in [5, 5.41) is 19.9. The zero-order valence-electron chi connectivity index (χ0n) is 14.8. The molecule has 0 fully saturated rings. The van der Waals surface area contributed by atoms with Gasteiger partial charge in [0.2, 0.25) is 0 Å². The number of rotatable bonds is 5. The van der Waals surface area contributed by atoms with E-state index in [1.807, 2.05) is 36.4 Å². The summed E-state index contributed by atoms with van der Waals surface area (Å²) in [4.78, 5) is 14.3. The summed E-state index contributed by atoms with van der Waals surface area (Å²) in [7, 11) is 0. The van der Waals surface area contributed by atoms with E-state index < -0.39 is 5.97 Å². The first-order valence-corrected chi connectivity index (χ1v) is 9.29. The Hall–Kier alpha value is -2.70. The molecule has 0 saturated carbocycles. The number of carbonyl (C=O) groups is 1. The highest BCUT2D eigenvalue weighted by Gasteiger charge is 2.29. The fourth-order valence-electron chi connectivity index (χ4n) is 3.82. The summed E-state index contributed by atoms with van der Waals surface area (Å²) in [6.45, 7) is 1.31. The Morgan fingerprint density at radius 3 is 2.59 bits per heavy atom. The van der Waals surface area contributed by atoms with E-state index in [0.29, 0.717) is 11.5 Å². The lowest BCUT2D eigenvalue weighted by Crippen LogP contribution is -2.37. The zero-order chi connectivity index (χ0) is 19.0. The molecule has 0 atom stereocenters. The molecule has 0 bridgehead atoms. The molecule has 27 heavy (non-hydrogen) atoms. The van der Waals surface area contributed by atoms with Crippen LogP contribution in [0.5, 0.6) is 0 Å². The van der Waals surface area contributed by atoms with Crippen molar-refractivity contribution in [3.05, 3.63) is 70.9 Å². The van der Waals surface area contributed by atoms with Crippen molar-refractivity contribution in [1.82, 2.24) is 9.47 Å². The van der Waals surface area contributed by atoms with E-state index in [1.54, 1.807) is 4.57 Å². The Morgan fingerprint density at radius 2 is 1.89 bits per heavy atom. The Kier molecular flexibility index (Phi) is 4.68. The largest absolute Gasteiger partial charge is 0.480 e. The van der Waals surface area contributed by atoms with Gasteiger partial charge in [0.25, 0.3) is 0 Å². The molecule has 0 aliphatic carbocycles. The third kappa shape index (κ3) is 3.22. The molecule has 1 aromatic heterocycles. The van der Waals surface area contributed by atoms with Crippen LogP contribution < -0.4 is 0 Å². The van der Waals surface area contributed by atoms with Crippen molar-refractivity contribution in [2.75, 3.05) is 6.54 Å². The van der Waals surface area contributed by atoms with Crippen LogP contribution in [0.3, 0.4) is 0 Å². The highest BCUT2D eigenvalue weighted by molar-refractivity contribution is 7.80. The Morgan fingerprint density at radius 1 is 1.11 bits per heavy atom.